The van der Waals surface area contributed by atoms with Crippen molar-refractivity contribution in [3.63, 3.8) is 0 Å². The van der Waals surface area contributed by atoms with Crippen LogP contribution in [-0.2, 0) is 9.53 Å². The van der Waals surface area contributed by atoms with Crippen LogP contribution in [0.2, 0.25) is 0 Å². The molecule has 1 N–H and O–H groups in total. The maximum atomic E-state index is 11.5. The fourth-order valence-electron chi connectivity index (χ4n) is 2.15. The Labute approximate surface area is 97.3 Å². The monoisotopic (exact) mass is 226 g/mol. The predicted octanol–water partition coefficient (Wildman–Crippen LogP) is 0.625. The normalized spacial score (nSPS) is 22.8. The molecule has 0 aromatic heterocycles. The zero-order valence-corrected chi connectivity index (χ0v) is 9.91. The Balaban J connectivity index is 1.49. The van der Waals surface area contributed by atoms with E-state index in [-0.39, 0.29) is 5.91 Å². The van der Waals surface area contributed by atoms with Gasteiger partial charge in [-0.15, -0.1) is 0 Å². The van der Waals surface area contributed by atoms with Crippen LogP contribution in [0.4, 0.5) is 0 Å². The number of nitrogens with zero attached hydrogens (tertiary/aromatic N) is 1. The van der Waals surface area contributed by atoms with Crippen LogP contribution in [0.5, 0.6) is 0 Å². The van der Waals surface area contributed by atoms with Crippen LogP contribution in [0.3, 0.4) is 0 Å². The molecule has 2 aliphatic rings. The maximum absolute atomic E-state index is 11.5. The minimum Gasteiger partial charge on any atom is -0.379 e. The molecule has 0 aromatic carbocycles. The number of nitrogens with one attached hydrogen (secondary N) is 1. The van der Waals surface area contributed by atoms with Gasteiger partial charge in [0.2, 0.25) is 5.91 Å². The lowest BCUT2D eigenvalue weighted by atomic mass is 9.85. The predicted molar refractivity (Wildman–Crippen MR) is 62.2 cm³/mol. The summed E-state index contributed by atoms with van der Waals surface area (Å²) in [6.45, 7) is 5.69. The number of hydrogen-bond donors (Lipinski definition) is 1. The van der Waals surface area contributed by atoms with Gasteiger partial charge >= 0.3 is 0 Å². The molecule has 4 heteroatoms. The first-order chi connectivity index (χ1) is 7.86. The molecule has 1 heterocycles. The van der Waals surface area contributed by atoms with E-state index in [0.717, 1.165) is 58.7 Å². The van der Waals surface area contributed by atoms with E-state index in [0.29, 0.717) is 5.92 Å². The molecule has 92 valence electrons. The summed E-state index contributed by atoms with van der Waals surface area (Å²) in [5.74, 6) is 0.594. The van der Waals surface area contributed by atoms with Crippen molar-refractivity contribution in [1.29, 1.82) is 0 Å². The zero-order valence-electron chi connectivity index (χ0n) is 9.91. The fourth-order valence-corrected chi connectivity index (χ4v) is 2.15. The molecular weight excluding hydrogens is 204 g/mol. The van der Waals surface area contributed by atoms with Gasteiger partial charge in [0.05, 0.1) is 13.2 Å². The topological polar surface area (TPSA) is 41.6 Å². The molecule has 1 saturated heterocycles. The third-order valence-corrected chi connectivity index (χ3v) is 3.53. The molecule has 0 spiro atoms. The first kappa shape index (κ1) is 11.9. The number of carbonyl (C=O) groups excluding carboxylic acids is 1. The number of amides is 1. The molecule has 0 aromatic rings. The van der Waals surface area contributed by atoms with Crippen LogP contribution in [-0.4, -0.2) is 50.2 Å². The second-order valence-corrected chi connectivity index (χ2v) is 4.73. The van der Waals surface area contributed by atoms with Gasteiger partial charge in [-0.2, -0.15) is 0 Å². The van der Waals surface area contributed by atoms with Crippen molar-refractivity contribution in [3.8, 4) is 0 Å². The summed E-state index contributed by atoms with van der Waals surface area (Å²) in [6, 6.07) is 0. The van der Waals surface area contributed by atoms with Crippen LogP contribution < -0.4 is 5.32 Å². The minimum atomic E-state index is 0.272. The molecule has 0 unspecified atom stereocenters. The molecule has 16 heavy (non-hydrogen) atoms. The van der Waals surface area contributed by atoms with E-state index in [1.54, 1.807) is 0 Å². The summed E-state index contributed by atoms with van der Waals surface area (Å²) < 4.78 is 5.29. The molecule has 1 aliphatic carbocycles. The van der Waals surface area contributed by atoms with E-state index in [1.807, 2.05) is 0 Å². The highest BCUT2D eigenvalue weighted by molar-refractivity contribution is 5.79. The van der Waals surface area contributed by atoms with Gasteiger partial charge in [-0.3, -0.25) is 9.69 Å². The van der Waals surface area contributed by atoms with E-state index in [2.05, 4.69) is 10.2 Å². The molecule has 0 radical (unpaired) electrons. The first-order valence-electron chi connectivity index (χ1n) is 6.44. The number of morpholine rings is 1. The minimum absolute atomic E-state index is 0.272. The third-order valence-electron chi connectivity index (χ3n) is 3.53. The zero-order chi connectivity index (χ0) is 11.2. The second kappa shape index (κ2) is 6.21. The summed E-state index contributed by atoms with van der Waals surface area (Å²) in [5.41, 5.74) is 0. The Kier molecular flexibility index (Phi) is 4.60. The van der Waals surface area contributed by atoms with Gasteiger partial charge in [0.15, 0.2) is 0 Å². The molecule has 0 atom stereocenters. The van der Waals surface area contributed by atoms with Crippen LogP contribution in [0.25, 0.3) is 0 Å². The number of hydrogen-bond acceptors (Lipinski definition) is 3. The van der Waals surface area contributed by atoms with Crippen LogP contribution in [0, 0.1) is 5.92 Å². The van der Waals surface area contributed by atoms with Crippen molar-refractivity contribution in [2.75, 3.05) is 39.4 Å². The Morgan fingerprint density at radius 3 is 2.69 bits per heavy atom. The third kappa shape index (κ3) is 3.46. The second-order valence-electron chi connectivity index (χ2n) is 4.73. The largest absolute Gasteiger partial charge is 0.379 e. The Hall–Kier alpha value is -0.610. The Morgan fingerprint density at radius 1 is 1.31 bits per heavy atom. The van der Waals surface area contributed by atoms with Crippen molar-refractivity contribution < 1.29 is 9.53 Å². The van der Waals surface area contributed by atoms with Crippen molar-refractivity contribution in [1.82, 2.24) is 10.2 Å². The van der Waals surface area contributed by atoms with E-state index in [4.69, 9.17) is 4.74 Å². The van der Waals surface area contributed by atoms with Crippen molar-refractivity contribution in [3.05, 3.63) is 0 Å². The molecular formula is C12H22N2O2. The summed E-state index contributed by atoms with van der Waals surface area (Å²) >= 11 is 0. The summed E-state index contributed by atoms with van der Waals surface area (Å²) in [7, 11) is 0. The van der Waals surface area contributed by atoms with E-state index >= 15 is 0 Å². The quantitative estimate of drug-likeness (QED) is 0.699. The van der Waals surface area contributed by atoms with Crippen molar-refractivity contribution >= 4 is 5.91 Å². The van der Waals surface area contributed by atoms with Crippen molar-refractivity contribution in [2.24, 2.45) is 5.92 Å². The average Bonchev–Trinajstić information content (AvgIpc) is 2.23. The van der Waals surface area contributed by atoms with Gasteiger partial charge in [-0.25, -0.2) is 0 Å². The van der Waals surface area contributed by atoms with Gasteiger partial charge in [-0.1, -0.05) is 6.42 Å². The number of ether oxygens (including phenoxy) is 1. The molecule has 0 bridgehead atoms. The Bertz CT molecular complexity index is 223. The summed E-state index contributed by atoms with van der Waals surface area (Å²) in [6.07, 6.45) is 4.47. The summed E-state index contributed by atoms with van der Waals surface area (Å²) in [5, 5.41) is 3.03. The highest BCUT2D eigenvalue weighted by Gasteiger charge is 2.24. The summed E-state index contributed by atoms with van der Waals surface area (Å²) in [4.78, 5) is 13.9. The average molecular weight is 226 g/mol. The SMILES string of the molecule is O=C(NCCCN1CCOCC1)C1CCC1. The first-order valence-corrected chi connectivity index (χ1v) is 6.44. The lowest BCUT2D eigenvalue weighted by Crippen LogP contribution is -2.39. The molecule has 2 fully saturated rings. The van der Waals surface area contributed by atoms with E-state index in [9.17, 15) is 4.79 Å². The smallest absolute Gasteiger partial charge is 0.223 e. The van der Waals surface area contributed by atoms with E-state index < -0.39 is 0 Å². The van der Waals surface area contributed by atoms with E-state index in [1.165, 1.54) is 6.42 Å². The van der Waals surface area contributed by atoms with Gasteiger partial charge in [0.25, 0.3) is 0 Å². The van der Waals surface area contributed by atoms with Crippen LogP contribution >= 0.6 is 0 Å². The van der Waals surface area contributed by atoms with Gasteiger partial charge in [-0.05, 0) is 25.8 Å². The fraction of sp³-hybridized carbons (Fsp3) is 0.917. The van der Waals surface area contributed by atoms with Crippen molar-refractivity contribution in [2.45, 2.75) is 25.7 Å². The van der Waals surface area contributed by atoms with Gasteiger partial charge < -0.3 is 10.1 Å². The van der Waals surface area contributed by atoms with Gasteiger partial charge in [0.1, 0.15) is 0 Å². The standard InChI is InChI=1S/C12H22N2O2/c15-12(11-3-1-4-11)13-5-2-6-14-7-9-16-10-8-14/h11H,1-10H2,(H,13,15). The molecule has 1 saturated carbocycles. The molecule has 1 aliphatic heterocycles. The Morgan fingerprint density at radius 2 is 2.06 bits per heavy atom. The van der Waals surface area contributed by atoms with Crippen LogP contribution in [0.15, 0.2) is 0 Å². The van der Waals surface area contributed by atoms with Gasteiger partial charge in [0, 0.05) is 25.6 Å². The highest BCUT2D eigenvalue weighted by atomic mass is 16.5. The lowest BCUT2D eigenvalue weighted by Gasteiger charge is -2.27. The molecule has 4 nitrogen and oxygen atoms in total. The molecule has 1 amide bonds. The lowest BCUT2D eigenvalue weighted by molar-refractivity contribution is -0.127. The number of rotatable bonds is 5. The molecule has 2 rings (SSSR count). The highest BCUT2D eigenvalue weighted by Crippen LogP contribution is 2.25. The van der Waals surface area contributed by atoms with Crippen LogP contribution in [0.1, 0.15) is 25.7 Å². The maximum Gasteiger partial charge on any atom is 0.223 e. The number of carbonyl (C=O) groups is 1.